The molecule has 1 saturated heterocycles. The van der Waals surface area contributed by atoms with Gasteiger partial charge in [-0.2, -0.15) is 0 Å². The summed E-state index contributed by atoms with van der Waals surface area (Å²) >= 11 is 0. The number of nitrogens with one attached hydrogen (secondary N) is 1. The summed E-state index contributed by atoms with van der Waals surface area (Å²) in [5, 5.41) is 12.0. The van der Waals surface area contributed by atoms with E-state index in [0.717, 1.165) is 18.2 Å². The maximum Gasteiger partial charge on any atom is 0.289 e. The molecule has 0 radical (unpaired) electrons. The van der Waals surface area contributed by atoms with Crippen LogP contribution in [0.2, 0.25) is 0 Å². The molecule has 28 heavy (non-hydrogen) atoms. The van der Waals surface area contributed by atoms with Gasteiger partial charge in [-0.25, -0.2) is 0 Å². The van der Waals surface area contributed by atoms with Crippen molar-refractivity contribution in [1.82, 2.24) is 15.1 Å². The Morgan fingerprint density at radius 2 is 1.89 bits per heavy atom. The van der Waals surface area contributed by atoms with Crippen molar-refractivity contribution in [2.24, 2.45) is 0 Å². The van der Waals surface area contributed by atoms with Gasteiger partial charge in [-0.05, 0) is 31.2 Å². The minimum Gasteiger partial charge on any atom is -0.451 e. The molecule has 0 saturated carbocycles. The Bertz CT molecular complexity index is 1040. The summed E-state index contributed by atoms with van der Waals surface area (Å²) in [5.74, 6) is 1.33. The lowest BCUT2D eigenvalue weighted by Gasteiger charge is -2.34. The van der Waals surface area contributed by atoms with Gasteiger partial charge in [-0.1, -0.05) is 12.1 Å². The van der Waals surface area contributed by atoms with E-state index in [0.29, 0.717) is 37.1 Å². The maximum absolute atomic E-state index is 12.8. The van der Waals surface area contributed by atoms with Crippen LogP contribution >= 0.6 is 0 Å². The topological polar surface area (TPSA) is 91.6 Å². The molecule has 0 spiro atoms. The molecular formula is C20H21N5O3. The quantitative estimate of drug-likeness (QED) is 0.741. The lowest BCUT2D eigenvalue weighted by atomic mass is 10.2. The van der Waals surface area contributed by atoms with Gasteiger partial charge in [0.05, 0.1) is 5.39 Å². The summed E-state index contributed by atoms with van der Waals surface area (Å²) in [5.41, 5.74) is 0.216. The van der Waals surface area contributed by atoms with Gasteiger partial charge in [0.2, 0.25) is 0 Å². The summed E-state index contributed by atoms with van der Waals surface area (Å²) in [6.45, 7) is 5.11. The van der Waals surface area contributed by atoms with Crippen molar-refractivity contribution in [1.29, 1.82) is 0 Å². The molecular weight excluding hydrogens is 358 g/mol. The number of nitrogens with zero attached hydrogens (tertiary/aromatic N) is 4. The molecule has 1 aliphatic heterocycles. The van der Waals surface area contributed by atoms with Crippen LogP contribution in [-0.4, -0.2) is 53.7 Å². The summed E-state index contributed by atoms with van der Waals surface area (Å²) in [6.07, 6.45) is 0. The van der Waals surface area contributed by atoms with E-state index >= 15 is 0 Å². The molecule has 4 rings (SSSR count). The fourth-order valence-electron chi connectivity index (χ4n) is 3.27. The van der Waals surface area contributed by atoms with Crippen LogP contribution in [0.15, 0.2) is 51.7 Å². The van der Waals surface area contributed by atoms with Gasteiger partial charge in [0.25, 0.3) is 5.91 Å². The number of hydrogen-bond acceptors (Lipinski definition) is 7. The van der Waals surface area contributed by atoms with Crippen molar-refractivity contribution in [2.75, 3.05) is 42.9 Å². The van der Waals surface area contributed by atoms with E-state index in [-0.39, 0.29) is 17.1 Å². The maximum atomic E-state index is 12.8. The predicted molar refractivity (Wildman–Crippen MR) is 107 cm³/mol. The summed E-state index contributed by atoms with van der Waals surface area (Å²) < 4.78 is 5.67. The summed E-state index contributed by atoms with van der Waals surface area (Å²) in [4.78, 5) is 28.8. The van der Waals surface area contributed by atoms with Gasteiger partial charge in [-0.3, -0.25) is 9.59 Å². The van der Waals surface area contributed by atoms with Crippen molar-refractivity contribution in [3.05, 3.63) is 58.4 Å². The Labute approximate surface area is 161 Å². The SMILES string of the molecule is CCNc1ccc(N2CCN(C(=O)c3cc(=O)c4ccccc4o3)CC2)nn1. The van der Waals surface area contributed by atoms with E-state index in [1.807, 2.05) is 19.1 Å². The van der Waals surface area contributed by atoms with Crippen molar-refractivity contribution in [3.8, 4) is 0 Å². The highest BCUT2D eigenvalue weighted by molar-refractivity contribution is 5.93. The van der Waals surface area contributed by atoms with Crippen LogP contribution in [-0.2, 0) is 0 Å². The molecule has 3 heterocycles. The average Bonchev–Trinajstić information content (AvgIpc) is 2.74. The van der Waals surface area contributed by atoms with Crippen LogP contribution in [0.1, 0.15) is 17.5 Å². The first kappa shape index (κ1) is 18.0. The van der Waals surface area contributed by atoms with Gasteiger partial charge in [0, 0.05) is 38.8 Å². The molecule has 0 atom stereocenters. The first-order valence-corrected chi connectivity index (χ1v) is 9.30. The zero-order valence-corrected chi connectivity index (χ0v) is 15.6. The summed E-state index contributed by atoms with van der Waals surface area (Å²) in [6, 6.07) is 12.0. The molecule has 1 fully saturated rings. The van der Waals surface area contributed by atoms with E-state index in [4.69, 9.17) is 4.42 Å². The molecule has 1 aromatic carbocycles. The Kier molecular flexibility index (Phi) is 4.92. The van der Waals surface area contributed by atoms with E-state index in [2.05, 4.69) is 20.4 Å². The standard InChI is InChI=1S/C20H21N5O3/c1-2-21-18-7-8-19(23-22-18)24-9-11-25(12-10-24)20(27)17-13-15(26)14-5-3-4-6-16(14)28-17/h3-8,13H,2,9-12H2,1H3,(H,21,22). The van der Waals surface area contributed by atoms with Crippen LogP contribution in [0.4, 0.5) is 11.6 Å². The zero-order chi connectivity index (χ0) is 19.5. The molecule has 0 unspecified atom stereocenters. The number of carbonyl (C=O) groups excluding carboxylic acids is 1. The molecule has 1 aliphatic rings. The van der Waals surface area contributed by atoms with E-state index in [9.17, 15) is 9.59 Å². The second kappa shape index (κ2) is 7.67. The third-order valence-corrected chi connectivity index (χ3v) is 4.74. The van der Waals surface area contributed by atoms with Gasteiger partial charge in [-0.15, -0.1) is 10.2 Å². The number of hydrogen-bond donors (Lipinski definition) is 1. The number of anilines is 2. The molecule has 0 aliphatic carbocycles. The average molecular weight is 379 g/mol. The number of fused-ring (bicyclic) bond motifs is 1. The van der Waals surface area contributed by atoms with Crippen LogP contribution in [0.3, 0.4) is 0 Å². The number of rotatable bonds is 4. The van der Waals surface area contributed by atoms with Crippen LogP contribution < -0.4 is 15.6 Å². The fourth-order valence-corrected chi connectivity index (χ4v) is 3.27. The van der Waals surface area contributed by atoms with Crippen LogP contribution in [0.5, 0.6) is 0 Å². The number of piperazine rings is 1. The minimum atomic E-state index is -0.268. The highest BCUT2D eigenvalue weighted by Crippen LogP contribution is 2.17. The van der Waals surface area contributed by atoms with Crippen LogP contribution in [0.25, 0.3) is 11.0 Å². The zero-order valence-electron chi connectivity index (χ0n) is 15.6. The third kappa shape index (κ3) is 3.53. The smallest absolute Gasteiger partial charge is 0.289 e. The summed E-state index contributed by atoms with van der Waals surface area (Å²) in [7, 11) is 0. The number of carbonyl (C=O) groups is 1. The van der Waals surface area contributed by atoms with E-state index in [1.165, 1.54) is 6.07 Å². The lowest BCUT2D eigenvalue weighted by molar-refractivity contribution is 0.0715. The van der Waals surface area contributed by atoms with Crippen LogP contribution in [0, 0.1) is 0 Å². The van der Waals surface area contributed by atoms with Gasteiger partial charge < -0.3 is 19.5 Å². The van der Waals surface area contributed by atoms with Crippen molar-refractivity contribution < 1.29 is 9.21 Å². The fraction of sp³-hybridized carbons (Fsp3) is 0.300. The van der Waals surface area contributed by atoms with Crippen molar-refractivity contribution in [3.63, 3.8) is 0 Å². The normalized spacial score (nSPS) is 14.3. The predicted octanol–water partition coefficient (Wildman–Crippen LogP) is 1.98. The van der Waals surface area contributed by atoms with Gasteiger partial charge >= 0.3 is 0 Å². The van der Waals surface area contributed by atoms with Gasteiger partial charge in [0.1, 0.15) is 11.4 Å². The molecule has 8 nitrogen and oxygen atoms in total. The minimum absolute atomic E-state index is 0.0759. The number of amides is 1. The highest BCUT2D eigenvalue weighted by atomic mass is 16.3. The van der Waals surface area contributed by atoms with E-state index < -0.39 is 0 Å². The molecule has 144 valence electrons. The Balaban J connectivity index is 1.45. The Morgan fingerprint density at radius 3 is 2.61 bits per heavy atom. The first-order chi connectivity index (χ1) is 13.7. The molecule has 1 amide bonds. The molecule has 8 heteroatoms. The number of benzene rings is 1. The molecule has 2 aromatic heterocycles. The molecule has 0 bridgehead atoms. The second-order valence-corrected chi connectivity index (χ2v) is 6.56. The number of para-hydroxylation sites is 1. The van der Waals surface area contributed by atoms with Crippen molar-refractivity contribution >= 4 is 28.5 Å². The Hall–Kier alpha value is -3.42. The van der Waals surface area contributed by atoms with Gasteiger partial charge in [0.15, 0.2) is 17.0 Å². The monoisotopic (exact) mass is 379 g/mol. The second-order valence-electron chi connectivity index (χ2n) is 6.56. The Morgan fingerprint density at radius 1 is 1.11 bits per heavy atom. The largest absolute Gasteiger partial charge is 0.451 e. The van der Waals surface area contributed by atoms with Crippen molar-refractivity contribution in [2.45, 2.75) is 6.92 Å². The molecule has 1 N–H and O–H groups in total. The highest BCUT2D eigenvalue weighted by Gasteiger charge is 2.25. The number of aromatic nitrogens is 2. The lowest BCUT2D eigenvalue weighted by Crippen LogP contribution is -2.49. The van der Waals surface area contributed by atoms with E-state index in [1.54, 1.807) is 29.2 Å². The molecule has 3 aromatic rings. The third-order valence-electron chi connectivity index (χ3n) is 4.74. The first-order valence-electron chi connectivity index (χ1n) is 9.30.